The molecule has 0 unspecified atom stereocenters. The zero-order valence-electron chi connectivity index (χ0n) is 15.3. The lowest BCUT2D eigenvalue weighted by atomic mass is 9.93. The van der Waals surface area contributed by atoms with Gasteiger partial charge in [0, 0.05) is 46.7 Å². The summed E-state index contributed by atoms with van der Waals surface area (Å²) in [5.41, 5.74) is 0. The van der Waals surface area contributed by atoms with Gasteiger partial charge < -0.3 is 25.3 Å². The van der Waals surface area contributed by atoms with Gasteiger partial charge in [0.05, 0.1) is 6.26 Å². The van der Waals surface area contributed by atoms with Gasteiger partial charge in [0.2, 0.25) is 5.91 Å². The molecule has 0 aliphatic carbocycles. The van der Waals surface area contributed by atoms with Crippen molar-refractivity contribution in [2.45, 2.75) is 19.3 Å². The van der Waals surface area contributed by atoms with Crippen LogP contribution in [-0.2, 0) is 4.79 Å². The van der Waals surface area contributed by atoms with E-state index in [1.165, 1.54) is 6.26 Å². The molecule has 0 aromatic carbocycles. The fraction of sp³-hybridized carbons (Fsp3) is 0.588. The topological polar surface area (TPSA) is 99.0 Å². The molecule has 146 valence electrons. The van der Waals surface area contributed by atoms with Crippen molar-refractivity contribution in [3.05, 3.63) is 24.2 Å². The number of hydrogen-bond acceptors (Lipinski definition) is 4. The largest absolute Gasteiger partial charge is 0.459 e. The minimum Gasteiger partial charge on any atom is -0.459 e. The van der Waals surface area contributed by atoms with Crippen LogP contribution in [0.2, 0.25) is 0 Å². The van der Waals surface area contributed by atoms with Crippen LogP contribution in [0.1, 0.15) is 29.8 Å². The summed E-state index contributed by atoms with van der Waals surface area (Å²) in [5.74, 6) is 1.44. The van der Waals surface area contributed by atoms with Crippen LogP contribution in [0.5, 0.6) is 0 Å². The lowest BCUT2D eigenvalue weighted by Gasteiger charge is -2.34. The lowest BCUT2D eigenvalue weighted by molar-refractivity contribution is -0.121. The Morgan fingerprint density at radius 3 is 2.54 bits per heavy atom. The quantitative estimate of drug-likeness (QED) is 0.246. The van der Waals surface area contributed by atoms with Crippen LogP contribution in [0.15, 0.2) is 27.8 Å². The molecule has 2 heterocycles. The normalized spacial score (nSPS) is 15.2. The van der Waals surface area contributed by atoms with Crippen LogP contribution >= 0.6 is 24.0 Å². The average molecular weight is 477 g/mol. The van der Waals surface area contributed by atoms with E-state index >= 15 is 0 Å². The summed E-state index contributed by atoms with van der Waals surface area (Å²) >= 11 is 0. The Bertz CT molecular complexity index is 583. The van der Waals surface area contributed by atoms with E-state index < -0.39 is 0 Å². The number of nitrogens with zero attached hydrogens (tertiary/aromatic N) is 2. The lowest BCUT2D eigenvalue weighted by Crippen LogP contribution is -2.47. The van der Waals surface area contributed by atoms with Crippen LogP contribution < -0.4 is 16.0 Å². The maximum Gasteiger partial charge on any atom is 0.287 e. The van der Waals surface area contributed by atoms with Gasteiger partial charge in [-0.3, -0.25) is 14.6 Å². The van der Waals surface area contributed by atoms with Crippen LogP contribution in [0.4, 0.5) is 0 Å². The zero-order chi connectivity index (χ0) is 18.1. The molecule has 1 aromatic rings. The van der Waals surface area contributed by atoms with E-state index in [1.807, 2.05) is 0 Å². The Labute approximate surface area is 171 Å². The number of rotatable bonds is 6. The molecule has 1 fully saturated rings. The fourth-order valence-electron chi connectivity index (χ4n) is 2.89. The van der Waals surface area contributed by atoms with E-state index in [0.717, 1.165) is 31.9 Å². The van der Waals surface area contributed by atoms with Crippen molar-refractivity contribution in [2.24, 2.45) is 10.9 Å². The van der Waals surface area contributed by atoms with Crippen LogP contribution in [0.3, 0.4) is 0 Å². The Kier molecular flexibility index (Phi) is 10.1. The second-order valence-corrected chi connectivity index (χ2v) is 6.01. The number of amides is 2. The average Bonchev–Trinajstić information content (AvgIpc) is 3.17. The monoisotopic (exact) mass is 477 g/mol. The van der Waals surface area contributed by atoms with Crippen molar-refractivity contribution < 1.29 is 14.0 Å². The first kappa shape index (κ1) is 22.3. The smallest absolute Gasteiger partial charge is 0.287 e. The number of carbonyl (C=O) groups excluding carboxylic acids is 2. The SMILES string of the molecule is CN=C(NCCNC(=O)c1ccco1)N1CCC(CC(=O)NC)CC1.I. The maximum absolute atomic E-state index is 11.8. The van der Waals surface area contributed by atoms with Crippen molar-refractivity contribution in [2.75, 3.05) is 40.3 Å². The van der Waals surface area contributed by atoms with Gasteiger partial charge in [-0.15, -0.1) is 24.0 Å². The third-order valence-electron chi connectivity index (χ3n) is 4.32. The van der Waals surface area contributed by atoms with Gasteiger partial charge >= 0.3 is 0 Å². The van der Waals surface area contributed by atoms with E-state index in [2.05, 4.69) is 25.8 Å². The molecule has 0 spiro atoms. The number of hydrogen-bond donors (Lipinski definition) is 3. The van der Waals surface area contributed by atoms with E-state index in [0.29, 0.717) is 31.2 Å². The molecule has 0 atom stereocenters. The predicted molar refractivity (Wildman–Crippen MR) is 111 cm³/mol. The molecular formula is C17H28IN5O3. The number of furan rings is 1. The molecule has 1 saturated heterocycles. The highest BCUT2D eigenvalue weighted by molar-refractivity contribution is 14.0. The van der Waals surface area contributed by atoms with Crippen molar-refractivity contribution >= 4 is 41.8 Å². The first-order valence-electron chi connectivity index (χ1n) is 8.62. The molecule has 2 rings (SSSR count). The Morgan fingerprint density at radius 2 is 1.96 bits per heavy atom. The van der Waals surface area contributed by atoms with Crippen molar-refractivity contribution in [3.63, 3.8) is 0 Å². The molecule has 1 aliphatic rings. The number of likely N-dealkylation sites (tertiary alicyclic amines) is 1. The molecule has 1 aromatic heterocycles. The van der Waals surface area contributed by atoms with Crippen LogP contribution in [0, 0.1) is 5.92 Å². The first-order valence-corrected chi connectivity index (χ1v) is 8.62. The molecule has 0 radical (unpaired) electrons. The number of carbonyl (C=O) groups is 2. The number of halogens is 1. The van der Waals surface area contributed by atoms with Gasteiger partial charge in [-0.2, -0.15) is 0 Å². The summed E-state index contributed by atoms with van der Waals surface area (Å²) in [7, 11) is 3.42. The summed E-state index contributed by atoms with van der Waals surface area (Å²) in [4.78, 5) is 29.7. The Balaban J connectivity index is 0.00000338. The van der Waals surface area contributed by atoms with E-state index in [-0.39, 0.29) is 35.8 Å². The standard InChI is InChI=1S/C17H27N5O3.HI/c1-18-15(23)12-13-5-9-22(10-6-13)17(19-2)21-8-7-20-16(24)14-4-3-11-25-14;/h3-4,11,13H,5-10,12H2,1-2H3,(H,18,23)(H,19,21)(H,20,24);1H. The Morgan fingerprint density at radius 1 is 1.27 bits per heavy atom. The maximum atomic E-state index is 11.8. The summed E-state index contributed by atoms with van der Waals surface area (Å²) in [6.07, 6.45) is 4.02. The molecule has 9 heteroatoms. The van der Waals surface area contributed by atoms with Crippen LogP contribution in [-0.4, -0.2) is 62.9 Å². The summed E-state index contributed by atoms with van der Waals surface area (Å²) in [6.45, 7) is 2.81. The molecule has 1 aliphatic heterocycles. The second-order valence-electron chi connectivity index (χ2n) is 6.01. The molecular weight excluding hydrogens is 449 g/mol. The molecule has 8 nitrogen and oxygen atoms in total. The van der Waals surface area contributed by atoms with Crippen molar-refractivity contribution in [1.29, 1.82) is 0 Å². The van der Waals surface area contributed by atoms with Gasteiger partial charge in [-0.25, -0.2) is 0 Å². The van der Waals surface area contributed by atoms with Gasteiger partial charge in [0.1, 0.15) is 0 Å². The van der Waals surface area contributed by atoms with E-state index in [1.54, 1.807) is 26.2 Å². The highest BCUT2D eigenvalue weighted by Crippen LogP contribution is 2.20. The van der Waals surface area contributed by atoms with Crippen molar-refractivity contribution in [1.82, 2.24) is 20.9 Å². The van der Waals surface area contributed by atoms with E-state index in [9.17, 15) is 9.59 Å². The van der Waals surface area contributed by atoms with Gasteiger partial charge in [-0.1, -0.05) is 0 Å². The van der Waals surface area contributed by atoms with Crippen LogP contribution in [0.25, 0.3) is 0 Å². The molecule has 2 amide bonds. The molecule has 0 bridgehead atoms. The molecule has 0 saturated carbocycles. The third kappa shape index (κ3) is 6.85. The van der Waals surface area contributed by atoms with E-state index in [4.69, 9.17) is 4.42 Å². The zero-order valence-corrected chi connectivity index (χ0v) is 17.6. The second kappa shape index (κ2) is 11.8. The number of nitrogens with one attached hydrogen (secondary N) is 3. The summed E-state index contributed by atoms with van der Waals surface area (Å²) in [6, 6.07) is 3.31. The van der Waals surface area contributed by atoms with Gasteiger partial charge in [0.15, 0.2) is 11.7 Å². The fourth-order valence-corrected chi connectivity index (χ4v) is 2.89. The minimum absolute atomic E-state index is 0. The molecule has 3 N–H and O–H groups in total. The van der Waals surface area contributed by atoms with Gasteiger partial charge in [0.25, 0.3) is 5.91 Å². The predicted octanol–water partition coefficient (Wildman–Crippen LogP) is 1.05. The summed E-state index contributed by atoms with van der Waals surface area (Å²) < 4.78 is 5.04. The van der Waals surface area contributed by atoms with Gasteiger partial charge in [-0.05, 0) is 30.9 Å². The summed E-state index contributed by atoms with van der Waals surface area (Å²) in [5, 5.41) is 8.73. The number of aliphatic imine (C=N–C) groups is 1. The molecule has 26 heavy (non-hydrogen) atoms. The first-order chi connectivity index (χ1) is 12.1. The Hall–Kier alpha value is -1.78. The highest BCUT2D eigenvalue weighted by atomic mass is 127. The number of piperidine rings is 1. The third-order valence-corrected chi connectivity index (χ3v) is 4.32. The number of guanidine groups is 1. The minimum atomic E-state index is -0.225. The highest BCUT2D eigenvalue weighted by Gasteiger charge is 2.22. The van der Waals surface area contributed by atoms with Crippen molar-refractivity contribution in [3.8, 4) is 0 Å².